The Morgan fingerprint density at radius 3 is 2.64 bits per heavy atom. The van der Waals surface area contributed by atoms with Gasteiger partial charge in [-0.05, 0) is 13.8 Å². The molecule has 0 radical (unpaired) electrons. The lowest BCUT2D eigenvalue weighted by atomic mass is 10.1. The molecule has 1 aliphatic heterocycles. The number of hydrogen-bond acceptors (Lipinski definition) is 2. The van der Waals surface area contributed by atoms with Gasteiger partial charge in [-0.15, -0.1) is 0 Å². The van der Waals surface area contributed by atoms with Crippen LogP contribution in [-0.4, -0.2) is 42.8 Å². The number of nitrogens with zero attached hydrogens (tertiary/aromatic N) is 1. The van der Waals surface area contributed by atoms with Gasteiger partial charge >= 0.3 is 6.18 Å². The standard InChI is InChI=1S/C9H17F3N2/c1-7(5-9(10,11)12)14-4-3-13-6-8(14)2/h7-8,13H,3-6H2,1-2H3/t7?,8-/m0/s1. The summed E-state index contributed by atoms with van der Waals surface area (Å²) in [6, 6.07) is -0.215. The highest BCUT2D eigenvalue weighted by Crippen LogP contribution is 2.25. The number of nitrogens with one attached hydrogen (secondary N) is 1. The highest BCUT2D eigenvalue weighted by molar-refractivity contribution is 4.81. The molecule has 1 rings (SSSR count). The van der Waals surface area contributed by atoms with Crippen molar-refractivity contribution in [3.63, 3.8) is 0 Å². The number of halogens is 3. The van der Waals surface area contributed by atoms with Crippen LogP contribution in [0.2, 0.25) is 0 Å². The van der Waals surface area contributed by atoms with Crippen LogP contribution in [0.5, 0.6) is 0 Å². The normalized spacial score (nSPS) is 27.6. The van der Waals surface area contributed by atoms with Crippen molar-refractivity contribution in [3.05, 3.63) is 0 Å². The summed E-state index contributed by atoms with van der Waals surface area (Å²) in [5.41, 5.74) is 0. The molecule has 0 spiro atoms. The molecule has 5 heteroatoms. The molecule has 84 valence electrons. The van der Waals surface area contributed by atoms with Crippen LogP contribution in [0.1, 0.15) is 20.3 Å². The third kappa shape index (κ3) is 3.46. The zero-order valence-electron chi connectivity index (χ0n) is 8.56. The van der Waals surface area contributed by atoms with Crippen LogP contribution in [0.4, 0.5) is 13.2 Å². The molecule has 0 saturated carbocycles. The minimum atomic E-state index is -4.05. The Hall–Kier alpha value is -0.290. The zero-order valence-corrected chi connectivity index (χ0v) is 8.56. The maximum Gasteiger partial charge on any atom is 0.390 e. The average Bonchev–Trinajstić information content (AvgIpc) is 2.01. The number of alkyl halides is 3. The fraction of sp³-hybridized carbons (Fsp3) is 1.00. The molecule has 1 fully saturated rings. The summed E-state index contributed by atoms with van der Waals surface area (Å²) in [5, 5.41) is 3.16. The third-order valence-electron chi connectivity index (χ3n) is 2.65. The molecular weight excluding hydrogens is 193 g/mol. The van der Waals surface area contributed by atoms with Crippen LogP contribution in [-0.2, 0) is 0 Å². The minimum absolute atomic E-state index is 0.195. The number of piperazine rings is 1. The van der Waals surface area contributed by atoms with E-state index in [-0.39, 0.29) is 6.04 Å². The highest BCUT2D eigenvalue weighted by atomic mass is 19.4. The van der Waals surface area contributed by atoms with Gasteiger partial charge in [0.2, 0.25) is 0 Å². The number of hydrogen-bond donors (Lipinski definition) is 1. The van der Waals surface area contributed by atoms with Crippen molar-refractivity contribution < 1.29 is 13.2 Å². The first-order valence-corrected chi connectivity index (χ1v) is 4.93. The molecule has 1 aliphatic rings. The number of rotatable bonds is 2. The molecule has 2 nitrogen and oxygen atoms in total. The second-order valence-electron chi connectivity index (χ2n) is 3.96. The summed E-state index contributed by atoms with van der Waals surface area (Å²) in [6.07, 6.45) is -4.76. The van der Waals surface area contributed by atoms with Crippen LogP contribution < -0.4 is 5.32 Å². The topological polar surface area (TPSA) is 15.3 Å². The van der Waals surface area contributed by atoms with Crippen molar-refractivity contribution in [1.29, 1.82) is 0 Å². The first kappa shape index (κ1) is 11.8. The lowest BCUT2D eigenvalue weighted by Gasteiger charge is -2.38. The van der Waals surface area contributed by atoms with E-state index >= 15 is 0 Å². The summed E-state index contributed by atoms with van der Waals surface area (Å²) in [4.78, 5) is 1.92. The van der Waals surface area contributed by atoms with E-state index < -0.39 is 18.6 Å². The largest absolute Gasteiger partial charge is 0.390 e. The molecule has 0 aliphatic carbocycles. The van der Waals surface area contributed by atoms with Crippen molar-refractivity contribution >= 4 is 0 Å². The molecule has 2 atom stereocenters. The van der Waals surface area contributed by atoms with Crippen molar-refractivity contribution in [2.24, 2.45) is 0 Å². The molecule has 0 aromatic rings. The van der Waals surface area contributed by atoms with E-state index in [0.717, 1.165) is 13.1 Å². The summed E-state index contributed by atoms with van der Waals surface area (Å²) in [7, 11) is 0. The SMILES string of the molecule is CC(CC(F)(F)F)N1CCNC[C@@H]1C. The van der Waals surface area contributed by atoms with Gasteiger partial charge in [0, 0.05) is 31.7 Å². The Bertz CT molecular complexity index is 181. The van der Waals surface area contributed by atoms with Crippen LogP contribution in [0.25, 0.3) is 0 Å². The first-order valence-electron chi connectivity index (χ1n) is 4.93. The predicted octanol–water partition coefficient (Wildman–Crippen LogP) is 1.62. The molecule has 0 amide bonds. The van der Waals surface area contributed by atoms with Gasteiger partial charge in [-0.1, -0.05) is 0 Å². The smallest absolute Gasteiger partial charge is 0.314 e. The first-order chi connectivity index (χ1) is 6.40. The Morgan fingerprint density at radius 1 is 1.50 bits per heavy atom. The summed E-state index contributed by atoms with van der Waals surface area (Å²) < 4.78 is 36.4. The Morgan fingerprint density at radius 2 is 2.14 bits per heavy atom. The van der Waals surface area contributed by atoms with Gasteiger partial charge in [-0.2, -0.15) is 13.2 Å². The van der Waals surface area contributed by atoms with Crippen LogP contribution in [0.3, 0.4) is 0 Å². The second kappa shape index (κ2) is 4.49. The summed E-state index contributed by atoms with van der Waals surface area (Å²) >= 11 is 0. The predicted molar refractivity (Wildman–Crippen MR) is 49.2 cm³/mol. The fourth-order valence-corrected chi connectivity index (χ4v) is 1.96. The molecule has 1 saturated heterocycles. The van der Waals surface area contributed by atoms with Crippen LogP contribution in [0.15, 0.2) is 0 Å². The monoisotopic (exact) mass is 210 g/mol. The van der Waals surface area contributed by atoms with Crippen molar-refractivity contribution in [3.8, 4) is 0 Å². The van der Waals surface area contributed by atoms with E-state index in [1.165, 1.54) is 0 Å². The van der Waals surface area contributed by atoms with Gasteiger partial charge in [-0.25, -0.2) is 0 Å². The quantitative estimate of drug-likeness (QED) is 0.745. The Kier molecular flexibility index (Phi) is 3.78. The molecule has 1 N–H and O–H groups in total. The Labute approximate surface area is 82.5 Å². The Balaban J connectivity index is 2.46. The highest BCUT2D eigenvalue weighted by Gasteiger charge is 2.34. The van der Waals surface area contributed by atoms with Gasteiger partial charge in [0.25, 0.3) is 0 Å². The van der Waals surface area contributed by atoms with Crippen molar-refractivity contribution in [2.75, 3.05) is 19.6 Å². The van der Waals surface area contributed by atoms with E-state index in [0.29, 0.717) is 6.54 Å². The second-order valence-corrected chi connectivity index (χ2v) is 3.96. The van der Waals surface area contributed by atoms with Crippen molar-refractivity contribution in [2.45, 2.75) is 38.5 Å². The molecule has 1 heterocycles. The molecule has 0 aromatic heterocycles. The zero-order chi connectivity index (χ0) is 10.8. The van der Waals surface area contributed by atoms with E-state index in [4.69, 9.17) is 0 Å². The van der Waals surface area contributed by atoms with E-state index in [2.05, 4.69) is 5.32 Å². The maximum absolute atomic E-state index is 12.1. The van der Waals surface area contributed by atoms with Crippen molar-refractivity contribution in [1.82, 2.24) is 10.2 Å². The van der Waals surface area contributed by atoms with Gasteiger partial charge in [-0.3, -0.25) is 4.90 Å². The molecular formula is C9H17F3N2. The molecule has 1 unspecified atom stereocenters. The molecule has 0 aromatic carbocycles. The van der Waals surface area contributed by atoms with Crippen LogP contribution >= 0.6 is 0 Å². The lowest BCUT2D eigenvalue weighted by Crippen LogP contribution is -2.53. The molecule has 0 bridgehead atoms. The summed E-state index contributed by atoms with van der Waals surface area (Å²) in [5.74, 6) is 0. The molecule has 14 heavy (non-hydrogen) atoms. The third-order valence-corrected chi connectivity index (χ3v) is 2.65. The minimum Gasteiger partial charge on any atom is -0.314 e. The van der Waals surface area contributed by atoms with Gasteiger partial charge < -0.3 is 5.32 Å². The van der Waals surface area contributed by atoms with Gasteiger partial charge in [0.1, 0.15) is 0 Å². The lowest BCUT2D eigenvalue weighted by molar-refractivity contribution is -0.148. The maximum atomic E-state index is 12.1. The van der Waals surface area contributed by atoms with E-state index in [1.807, 2.05) is 11.8 Å². The van der Waals surface area contributed by atoms with Gasteiger partial charge in [0.05, 0.1) is 6.42 Å². The van der Waals surface area contributed by atoms with Crippen LogP contribution in [0, 0.1) is 0 Å². The summed E-state index contributed by atoms with van der Waals surface area (Å²) in [6.45, 7) is 5.88. The van der Waals surface area contributed by atoms with E-state index in [1.54, 1.807) is 6.92 Å². The average molecular weight is 210 g/mol. The fourth-order valence-electron chi connectivity index (χ4n) is 1.96. The van der Waals surface area contributed by atoms with Gasteiger partial charge in [0.15, 0.2) is 0 Å². The van der Waals surface area contributed by atoms with E-state index in [9.17, 15) is 13.2 Å².